The van der Waals surface area contributed by atoms with Crippen molar-refractivity contribution in [1.82, 2.24) is 14.3 Å². The fourth-order valence-electron chi connectivity index (χ4n) is 2.74. The van der Waals surface area contributed by atoms with E-state index in [4.69, 9.17) is 0 Å². The van der Waals surface area contributed by atoms with Gasteiger partial charge in [-0.25, -0.2) is 0 Å². The number of hydrogen-bond donors (Lipinski definition) is 0. The largest absolute Gasteiger partial charge is 0.292 e. The number of carbonyl (C=O) groups excluding carboxylic acids is 1. The Kier molecular flexibility index (Phi) is 4.93. The highest BCUT2D eigenvalue weighted by atomic mass is 19.1. The lowest BCUT2D eigenvalue weighted by Gasteiger charge is -2.09. The number of hydrogen-bond acceptors (Lipinski definition) is 3. The van der Waals surface area contributed by atoms with Crippen molar-refractivity contribution < 1.29 is 9.18 Å². The van der Waals surface area contributed by atoms with Gasteiger partial charge < -0.3 is 0 Å². The van der Waals surface area contributed by atoms with E-state index in [9.17, 15) is 14.0 Å². The maximum atomic E-state index is 14.3. The third kappa shape index (κ3) is 3.39. The van der Waals surface area contributed by atoms with Gasteiger partial charge in [0, 0.05) is 17.3 Å². The second-order valence-electron chi connectivity index (χ2n) is 5.92. The summed E-state index contributed by atoms with van der Waals surface area (Å²) in [6, 6.07) is 12.3. The summed E-state index contributed by atoms with van der Waals surface area (Å²) in [4.78, 5) is 24.5. The van der Waals surface area contributed by atoms with Gasteiger partial charge in [0.2, 0.25) is 5.95 Å². The van der Waals surface area contributed by atoms with Crippen molar-refractivity contribution in [3.63, 3.8) is 0 Å². The molecule has 5 nitrogen and oxygen atoms in total. The van der Waals surface area contributed by atoms with Crippen LogP contribution in [0.3, 0.4) is 0 Å². The molecule has 2 heterocycles. The number of carbonyl (C=O) groups is 1. The highest BCUT2D eigenvalue weighted by molar-refractivity contribution is 5.96. The predicted octanol–water partition coefficient (Wildman–Crippen LogP) is 3.07. The van der Waals surface area contributed by atoms with Crippen LogP contribution >= 0.6 is 0 Å². The molecular weight excluding hydrogens is 333 g/mol. The molecule has 2 aromatic heterocycles. The zero-order valence-electron chi connectivity index (χ0n) is 14.4. The molecule has 0 radical (unpaired) electrons. The molecule has 0 spiro atoms. The summed E-state index contributed by atoms with van der Waals surface area (Å²) < 4.78 is 16.8. The topological polar surface area (TPSA) is 56.9 Å². The number of benzene rings is 1. The Labute approximate surface area is 150 Å². The Bertz CT molecular complexity index is 1020. The molecule has 0 amide bonds. The van der Waals surface area contributed by atoms with Gasteiger partial charge in [-0.3, -0.25) is 18.8 Å². The number of rotatable bonds is 6. The Balaban J connectivity index is 1.86. The van der Waals surface area contributed by atoms with E-state index >= 15 is 0 Å². The zero-order valence-corrected chi connectivity index (χ0v) is 14.4. The first-order valence-electron chi connectivity index (χ1n) is 8.12. The van der Waals surface area contributed by atoms with Crippen LogP contribution in [-0.4, -0.2) is 20.1 Å². The number of aromatic nitrogens is 3. The van der Waals surface area contributed by atoms with Crippen LogP contribution in [-0.2, 0) is 13.1 Å². The molecule has 0 N–H and O–H groups in total. The van der Waals surface area contributed by atoms with E-state index in [-0.39, 0.29) is 17.9 Å². The van der Waals surface area contributed by atoms with Crippen LogP contribution in [0.2, 0.25) is 0 Å². The number of pyridine rings is 1. The molecule has 0 aliphatic carbocycles. The molecule has 0 aliphatic rings. The molecule has 0 aliphatic heterocycles. The Morgan fingerprint density at radius 2 is 1.96 bits per heavy atom. The maximum Gasteiger partial charge on any atom is 0.253 e. The SMILES string of the molecule is C=Cc1ccc(=O)n(CC(=O)c2cnn(Cc3ccccc3)c2C)c1F. The van der Waals surface area contributed by atoms with E-state index in [0.29, 0.717) is 17.8 Å². The lowest BCUT2D eigenvalue weighted by molar-refractivity contribution is 0.0965. The molecule has 26 heavy (non-hydrogen) atoms. The lowest BCUT2D eigenvalue weighted by atomic mass is 10.1. The van der Waals surface area contributed by atoms with E-state index < -0.39 is 11.5 Å². The predicted molar refractivity (Wildman–Crippen MR) is 97.6 cm³/mol. The third-order valence-corrected chi connectivity index (χ3v) is 4.25. The fraction of sp³-hybridized carbons (Fsp3) is 0.150. The minimum absolute atomic E-state index is 0.175. The summed E-state index contributed by atoms with van der Waals surface area (Å²) in [6.45, 7) is 5.43. The molecule has 132 valence electrons. The number of nitrogens with zero attached hydrogens (tertiary/aromatic N) is 3. The van der Waals surface area contributed by atoms with Crippen molar-refractivity contribution in [2.45, 2.75) is 20.0 Å². The molecule has 3 aromatic rings. The van der Waals surface area contributed by atoms with Crippen LogP contribution in [0.15, 0.2) is 60.0 Å². The summed E-state index contributed by atoms with van der Waals surface area (Å²) in [6.07, 6.45) is 2.76. The van der Waals surface area contributed by atoms with Crippen molar-refractivity contribution >= 4 is 11.9 Å². The summed E-state index contributed by atoms with van der Waals surface area (Å²) in [7, 11) is 0. The van der Waals surface area contributed by atoms with E-state index in [0.717, 1.165) is 10.1 Å². The van der Waals surface area contributed by atoms with E-state index in [2.05, 4.69) is 11.7 Å². The molecular formula is C20H18FN3O2. The summed E-state index contributed by atoms with van der Waals surface area (Å²) in [5.41, 5.74) is 1.70. The monoisotopic (exact) mass is 351 g/mol. The van der Waals surface area contributed by atoms with Crippen LogP contribution in [0.25, 0.3) is 6.08 Å². The van der Waals surface area contributed by atoms with Crippen LogP contribution in [0.1, 0.15) is 27.2 Å². The van der Waals surface area contributed by atoms with Gasteiger partial charge in [-0.15, -0.1) is 0 Å². The van der Waals surface area contributed by atoms with Gasteiger partial charge in [-0.1, -0.05) is 43.0 Å². The van der Waals surface area contributed by atoms with E-state index in [1.54, 1.807) is 11.6 Å². The van der Waals surface area contributed by atoms with Crippen LogP contribution < -0.4 is 5.56 Å². The normalized spacial score (nSPS) is 10.7. The molecule has 0 bridgehead atoms. The molecule has 6 heteroatoms. The number of ketones is 1. The highest BCUT2D eigenvalue weighted by Gasteiger charge is 2.18. The summed E-state index contributed by atoms with van der Waals surface area (Å²) >= 11 is 0. The van der Waals surface area contributed by atoms with Gasteiger partial charge in [0.1, 0.15) is 0 Å². The highest BCUT2D eigenvalue weighted by Crippen LogP contribution is 2.13. The average molecular weight is 351 g/mol. The summed E-state index contributed by atoms with van der Waals surface area (Å²) in [5.74, 6) is -1.14. The van der Waals surface area contributed by atoms with Crippen LogP contribution in [0.4, 0.5) is 4.39 Å². The van der Waals surface area contributed by atoms with Crippen LogP contribution in [0, 0.1) is 12.9 Å². The first-order chi connectivity index (χ1) is 12.5. The smallest absolute Gasteiger partial charge is 0.253 e. The standard InChI is InChI=1S/C20H18FN3O2/c1-3-16-9-10-19(26)23(20(16)21)13-18(25)17-11-22-24(14(17)2)12-15-7-5-4-6-8-15/h3-11H,1,12-13H2,2H3. The molecule has 0 atom stereocenters. The number of Topliss-reactive ketones (excluding diaryl/α,β-unsaturated/α-hetero) is 1. The molecule has 0 saturated carbocycles. The van der Waals surface area contributed by atoms with Crippen LogP contribution in [0.5, 0.6) is 0 Å². The van der Waals surface area contributed by atoms with Gasteiger partial charge in [0.25, 0.3) is 5.56 Å². The minimum Gasteiger partial charge on any atom is -0.292 e. The molecule has 0 saturated heterocycles. The number of halogens is 1. The third-order valence-electron chi connectivity index (χ3n) is 4.25. The quantitative estimate of drug-likeness (QED) is 0.507. The Hall–Kier alpha value is -3.28. The van der Waals surface area contributed by atoms with E-state index in [1.165, 1.54) is 24.4 Å². The van der Waals surface area contributed by atoms with Gasteiger partial charge in [-0.05, 0) is 18.6 Å². The van der Waals surface area contributed by atoms with Crippen molar-refractivity contribution in [3.05, 3.63) is 93.9 Å². The summed E-state index contributed by atoms with van der Waals surface area (Å²) in [5, 5.41) is 4.25. The molecule has 0 fully saturated rings. The van der Waals surface area contributed by atoms with Gasteiger partial charge in [0.05, 0.1) is 24.8 Å². The molecule has 1 aromatic carbocycles. The average Bonchev–Trinajstić information content (AvgIpc) is 3.00. The van der Waals surface area contributed by atoms with Crippen molar-refractivity contribution in [2.24, 2.45) is 0 Å². The first-order valence-corrected chi connectivity index (χ1v) is 8.12. The van der Waals surface area contributed by atoms with Gasteiger partial charge in [0.15, 0.2) is 5.78 Å². The molecule has 3 rings (SSSR count). The lowest BCUT2D eigenvalue weighted by Crippen LogP contribution is -2.27. The van der Waals surface area contributed by atoms with E-state index in [1.807, 2.05) is 30.3 Å². The Morgan fingerprint density at radius 3 is 2.65 bits per heavy atom. The zero-order chi connectivity index (χ0) is 18.7. The van der Waals surface area contributed by atoms with Gasteiger partial charge in [-0.2, -0.15) is 9.49 Å². The van der Waals surface area contributed by atoms with Gasteiger partial charge >= 0.3 is 0 Å². The second-order valence-corrected chi connectivity index (χ2v) is 5.92. The minimum atomic E-state index is -0.768. The molecule has 0 unspecified atom stereocenters. The van der Waals surface area contributed by atoms with Crippen molar-refractivity contribution in [1.29, 1.82) is 0 Å². The first kappa shape index (κ1) is 17.5. The maximum absolute atomic E-state index is 14.3. The Morgan fingerprint density at radius 1 is 1.23 bits per heavy atom. The fourth-order valence-corrected chi connectivity index (χ4v) is 2.74. The second kappa shape index (κ2) is 7.31. The van der Waals surface area contributed by atoms with Crippen molar-refractivity contribution in [2.75, 3.05) is 0 Å². The van der Waals surface area contributed by atoms with Crippen molar-refractivity contribution in [3.8, 4) is 0 Å².